The molecule has 3 heterocycles. The standard InChI is InChI=1S/C20H28O8/c1-19(22-4)20(2,23-5)28-16-15(27-19)14-13(25-18(16)21-3)11-24-17(26-14)12-9-7-6-8-10-12/h6-10,13-18H,11H2,1-5H3/t13-,14+,15+,16-,17-,18+,19-,20-/m1/s1. The van der Waals surface area contributed by atoms with Crippen LogP contribution in [0, 0.1) is 0 Å². The first-order chi connectivity index (χ1) is 13.4. The normalized spacial score (nSPS) is 45.9. The van der Waals surface area contributed by atoms with E-state index in [-0.39, 0.29) is 6.10 Å². The highest BCUT2D eigenvalue weighted by Crippen LogP contribution is 2.46. The maximum Gasteiger partial charge on any atom is 0.220 e. The molecule has 0 saturated carbocycles. The largest absolute Gasteiger partial charge is 0.353 e. The number of ether oxygens (including phenoxy) is 8. The highest BCUT2D eigenvalue weighted by atomic mass is 16.8. The van der Waals surface area contributed by atoms with E-state index in [2.05, 4.69) is 0 Å². The van der Waals surface area contributed by atoms with Gasteiger partial charge in [0.1, 0.15) is 24.4 Å². The van der Waals surface area contributed by atoms with Crippen molar-refractivity contribution in [3.05, 3.63) is 35.9 Å². The molecule has 3 saturated heterocycles. The molecule has 8 nitrogen and oxygen atoms in total. The first kappa shape index (κ1) is 20.2. The van der Waals surface area contributed by atoms with Crippen molar-refractivity contribution in [3.63, 3.8) is 0 Å². The summed E-state index contributed by atoms with van der Waals surface area (Å²) in [6.07, 6.45) is -3.00. The van der Waals surface area contributed by atoms with Crippen molar-refractivity contribution < 1.29 is 37.9 Å². The molecule has 3 fully saturated rings. The molecule has 1 aromatic carbocycles. The number of benzene rings is 1. The average molecular weight is 396 g/mol. The molecule has 0 aromatic heterocycles. The molecule has 1 aromatic rings. The van der Waals surface area contributed by atoms with Crippen LogP contribution >= 0.6 is 0 Å². The monoisotopic (exact) mass is 396 g/mol. The van der Waals surface area contributed by atoms with Gasteiger partial charge >= 0.3 is 0 Å². The van der Waals surface area contributed by atoms with E-state index in [0.29, 0.717) is 6.61 Å². The van der Waals surface area contributed by atoms with Crippen LogP contribution in [-0.2, 0) is 37.9 Å². The molecule has 156 valence electrons. The summed E-state index contributed by atoms with van der Waals surface area (Å²) >= 11 is 0. The number of rotatable bonds is 4. The Bertz CT molecular complexity index is 671. The number of hydrogen-bond acceptors (Lipinski definition) is 8. The van der Waals surface area contributed by atoms with E-state index in [1.54, 1.807) is 35.2 Å². The zero-order valence-electron chi connectivity index (χ0n) is 16.8. The summed E-state index contributed by atoms with van der Waals surface area (Å²) in [4.78, 5) is 0. The van der Waals surface area contributed by atoms with Gasteiger partial charge in [-0.1, -0.05) is 30.3 Å². The van der Waals surface area contributed by atoms with E-state index in [4.69, 9.17) is 37.9 Å². The molecule has 0 N–H and O–H groups in total. The van der Waals surface area contributed by atoms with Crippen molar-refractivity contribution in [2.75, 3.05) is 27.9 Å². The Kier molecular flexibility index (Phi) is 5.49. The van der Waals surface area contributed by atoms with Gasteiger partial charge in [0.2, 0.25) is 11.6 Å². The van der Waals surface area contributed by atoms with Crippen molar-refractivity contribution in [1.82, 2.24) is 0 Å². The SMILES string of the molecule is CO[C@H]1O[C@@H]2CO[C@@H](c3ccccc3)O[C@@H]2[C@@H]2O[C@@](C)(OC)[C@](C)(OC)O[C@@H]12. The van der Waals surface area contributed by atoms with Crippen molar-refractivity contribution in [2.24, 2.45) is 0 Å². The van der Waals surface area contributed by atoms with Crippen LogP contribution in [0.2, 0.25) is 0 Å². The Hall–Kier alpha value is -1.10. The van der Waals surface area contributed by atoms with E-state index >= 15 is 0 Å². The molecule has 4 rings (SSSR count). The number of methoxy groups -OCH3 is 3. The van der Waals surface area contributed by atoms with E-state index in [9.17, 15) is 0 Å². The third-order valence-corrected chi connectivity index (χ3v) is 5.91. The molecule has 0 amide bonds. The molecule has 3 aliphatic rings. The first-order valence-corrected chi connectivity index (χ1v) is 9.41. The van der Waals surface area contributed by atoms with E-state index in [0.717, 1.165) is 5.56 Å². The molecule has 0 radical (unpaired) electrons. The van der Waals surface area contributed by atoms with Crippen LogP contribution in [0.5, 0.6) is 0 Å². The van der Waals surface area contributed by atoms with Crippen LogP contribution in [-0.4, -0.2) is 70.2 Å². The molecule has 3 aliphatic heterocycles. The van der Waals surface area contributed by atoms with Gasteiger partial charge in [0.25, 0.3) is 0 Å². The summed E-state index contributed by atoms with van der Waals surface area (Å²) < 4.78 is 47.7. The van der Waals surface area contributed by atoms with E-state index < -0.39 is 42.5 Å². The van der Waals surface area contributed by atoms with Crippen LogP contribution in [0.1, 0.15) is 25.7 Å². The molecular formula is C20H28O8. The Morgan fingerprint density at radius 1 is 0.857 bits per heavy atom. The summed E-state index contributed by atoms with van der Waals surface area (Å²) in [5.74, 6) is -2.30. The van der Waals surface area contributed by atoms with Crippen LogP contribution in [0.3, 0.4) is 0 Å². The lowest BCUT2D eigenvalue weighted by Crippen LogP contribution is -2.73. The minimum Gasteiger partial charge on any atom is -0.353 e. The highest BCUT2D eigenvalue weighted by molar-refractivity contribution is 5.17. The molecule has 0 aliphatic carbocycles. The Balaban J connectivity index is 1.63. The number of hydrogen-bond donors (Lipinski definition) is 0. The maximum atomic E-state index is 6.41. The lowest BCUT2D eigenvalue weighted by Gasteiger charge is -2.58. The van der Waals surface area contributed by atoms with Gasteiger partial charge < -0.3 is 37.9 Å². The van der Waals surface area contributed by atoms with Gasteiger partial charge in [-0.2, -0.15) is 0 Å². The second-order valence-electron chi connectivity index (χ2n) is 7.42. The van der Waals surface area contributed by atoms with Gasteiger partial charge in [-0.15, -0.1) is 0 Å². The smallest absolute Gasteiger partial charge is 0.220 e. The molecular weight excluding hydrogens is 368 g/mol. The Morgan fingerprint density at radius 2 is 1.50 bits per heavy atom. The van der Waals surface area contributed by atoms with Crippen LogP contribution in [0.4, 0.5) is 0 Å². The van der Waals surface area contributed by atoms with Gasteiger partial charge in [-0.25, -0.2) is 0 Å². The summed E-state index contributed by atoms with van der Waals surface area (Å²) in [7, 11) is 4.67. The fourth-order valence-corrected chi connectivity index (χ4v) is 3.98. The minimum atomic E-state index is -1.15. The summed E-state index contributed by atoms with van der Waals surface area (Å²) in [6, 6.07) is 9.77. The van der Waals surface area contributed by atoms with Crippen LogP contribution in [0.25, 0.3) is 0 Å². The predicted octanol–water partition coefficient (Wildman–Crippen LogP) is 1.98. The molecule has 0 bridgehead atoms. The van der Waals surface area contributed by atoms with Crippen molar-refractivity contribution in [1.29, 1.82) is 0 Å². The summed E-state index contributed by atoms with van der Waals surface area (Å²) in [6.45, 7) is 3.90. The van der Waals surface area contributed by atoms with Gasteiger partial charge in [0, 0.05) is 26.9 Å². The molecule has 0 unspecified atom stereocenters. The third-order valence-electron chi connectivity index (χ3n) is 5.91. The van der Waals surface area contributed by atoms with Gasteiger partial charge in [-0.3, -0.25) is 0 Å². The zero-order chi connectivity index (χ0) is 19.9. The molecule has 8 atom stereocenters. The Labute approximate surface area is 164 Å². The molecule has 0 spiro atoms. The molecule has 28 heavy (non-hydrogen) atoms. The van der Waals surface area contributed by atoms with E-state index in [1.807, 2.05) is 30.3 Å². The quantitative estimate of drug-likeness (QED) is 0.765. The van der Waals surface area contributed by atoms with Crippen molar-refractivity contribution >= 4 is 0 Å². The fraction of sp³-hybridized carbons (Fsp3) is 0.700. The zero-order valence-corrected chi connectivity index (χ0v) is 16.8. The van der Waals surface area contributed by atoms with Gasteiger partial charge in [-0.05, 0) is 13.8 Å². The van der Waals surface area contributed by atoms with Crippen LogP contribution < -0.4 is 0 Å². The lowest BCUT2D eigenvalue weighted by molar-refractivity contribution is -0.493. The molecule has 8 heteroatoms. The predicted molar refractivity (Wildman–Crippen MR) is 96.3 cm³/mol. The maximum absolute atomic E-state index is 6.41. The van der Waals surface area contributed by atoms with E-state index in [1.165, 1.54) is 0 Å². The minimum absolute atomic E-state index is 0.349. The Morgan fingerprint density at radius 3 is 2.11 bits per heavy atom. The van der Waals surface area contributed by atoms with Crippen molar-refractivity contribution in [2.45, 2.75) is 62.4 Å². The summed E-state index contributed by atoms with van der Waals surface area (Å²) in [5, 5.41) is 0. The van der Waals surface area contributed by atoms with Crippen LogP contribution in [0.15, 0.2) is 30.3 Å². The average Bonchev–Trinajstić information content (AvgIpc) is 2.74. The topological polar surface area (TPSA) is 73.8 Å². The second-order valence-corrected chi connectivity index (χ2v) is 7.42. The lowest BCUT2D eigenvalue weighted by atomic mass is 9.93. The fourth-order valence-electron chi connectivity index (χ4n) is 3.98. The van der Waals surface area contributed by atoms with Gasteiger partial charge in [0.05, 0.1) is 6.61 Å². The summed E-state index contributed by atoms with van der Waals surface area (Å²) in [5.41, 5.74) is 0.930. The first-order valence-electron chi connectivity index (χ1n) is 9.41. The number of fused-ring (bicyclic) bond motifs is 3. The third kappa shape index (κ3) is 3.18. The second kappa shape index (κ2) is 7.62. The van der Waals surface area contributed by atoms with Crippen molar-refractivity contribution in [3.8, 4) is 0 Å². The van der Waals surface area contributed by atoms with Gasteiger partial charge in [0.15, 0.2) is 12.6 Å². The highest BCUT2D eigenvalue weighted by Gasteiger charge is 2.63.